The van der Waals surface area contributed by atoms with Crippen LogP contribution in [0.1, 0.15) is 30.1 Å². The number of carboxylic acids is 1. The zero-order chi connectivity index (χ0) is 15.7. The van der Waals surface area contributed by atoms with E-state index in [1.165, 1.54) is 4.90 Å². The SMILES string of the molecule is CC1CCN(C(=O)c2cc(F)c(Cl)cc2Cl)C(C(=O)O)C1. The number of benzene rings is 1. The first-order valence-electron chi connectivity index (χ1n) is 6.49. The normalized spacial score (nSPS) is 22.2. The molecular weight excluding hydrogens is 320 g/mol. The molecule has 21 heavy (non-hydrogen) atoms. The molecule has 0 bridgehead atoms. The standard InChI is InChI=1S/C14H14Cl2FNO3/c1-7-2-3-18(12(4-7)14(20)21)13(19)8-5-11(17)10(16)6-9(8)15/h5-7,12H,2-4H2,1H3,(H,20,21). The number of hydrogen-bond donors (Lipinski definition) is 1. The maximum absolute atomic E-state index is 13.5. The number of carbonyl (C=O) groups is 2. The Bertz CT molecular complexity index is 594. The summed E-state index contributed by atoms with van der Waals surface area (Å²) < 4.78 is 13.5. The van der Waals surface area contributed by atoms with Crippen LogP contribution in [-0.2, 0) is 4.79 Å². The van der Waals surface area contributed by atoms with Gasteiger partial charge in [0.15, 0.2) is 0 Å². The highest BCUT2D eigenvalue weighted by Crippen LogP contribution is 2.29. The van der Waals surface area contributed by atoms with Crippen LogP contribution in [0.15, 0.2) is 12.1 Å². The Morgan fingerprint density at radius 3 is 2.62 bits per heavy atom. The van der Waals surface area contributed by atoms with Crippen molar-refractivity contribution in [1.29, 1.82) is 0 Å². The fraction of sp³-hybridized carbons (Fsp3) is 0.429. The van der Waals surface area contributed by atoms with Gasteiger partial charge in [-0.3, -0.25) is 4.79 Å². The van der Waals surface area contributed by atoms with Crippen LogP contribution in [0.4, 0.5) is 4.39 Å². The van der Waals surface area contributed by atoms with Gasteiger partial charge in [0.2, 0.25) is 0 Å². The maximum atomic E-state index is 13.5. The van der Waals surface area contributed by atoms with Crippen molar-refractivity contribution in [2.24, 2.45) is 5.92 Å². The molecular formula is C14H14Cl2FNO3. The zero-order valence-corrected chi connectivity index (χ0v) is 12.8. The van der Waals surface area contributed by atoms with Crippen molar-refractivity contribution >= 4 is 35.1 Å². The number of carbonyl (C=O) groups excluding carboxylic acids is 1. The van der Waals surface area contributed by atoms with Crippen LogP contribution in [-0.4, -0.2) is 34.5 Å². The Morgan fingerprint density at radius 2 is 2.00 bits per heavy atom. The summed E-state index contributed by atoms with van der Waals surface area (Å²) >= 11 is 11.5. The van der Waals surface area contributed by atoms with Crippen molar-refractivity contribution in [3.05, 3.63) is 33.6 Å². The average Bonchev–Trinajstić information content (AvgIpc) is 2.42. The molecule has 1 aliphatic rings. The summed E-state index contributed by atoms with van der Waals surface area (Å²) in [5, 5.41) is 9.09. The van der Waals surface area contributed by atoms with Gasteiger partial charge in [-0.1, -0.05) is 30.1 Å². The number of piperidine rings is 1. The lowest BCUT2D eigenvalue weighted by Gasteiger charge is -2.36. The number of rotatable bonds is 2. The second-order valence-electron chi connectivity index (χ2n) is 5.23. The van der Waals surface area contributed by atoms with E-state index in [4.69, 9.17) is 23.2 Å². The quantitative estimate of drug-likeness (QED) is 0.843. The third kappa shape index (κ3) is 3.30. The minimum atomic E-state index is -1.07. The van der Waals surface area contributed by atoms with Gasteiger partial charge in [-0.15, -0.1) is 0 Å². The minimum absolute atomic E-state index is 0.00848. The van der Waals surface area contributed by atoms with Crippen LogP contribution in [0.5, 0.6) is 0 Å². The number of likely N-dealkylation sites (tertiary alicyclic amines) is 1. The molecule has 0 aromatic heterocycles. The molecule has 0 spiro atoms. The minimum Gasteiger partial charge on any atom is -0.480 e. The number of aliphatic carboxylic acids is 1. The molecule has 1 amide bonds. The Kier molecular flexibility index (Phi) is 4.74. The molecule has 1 aliphatic heterocycles. The lowest BCUT2D eigenvalue weighted by molar-refractivity contribution is -0.144. The van der Waals surface area contributed by atoms with Crippen molar-refractivity contribution in [2.75, 3.05) is 6.54 Å². The van der Waals surface area contributed by atoms with Gasteiger partial charge in [0.05, 0.1) is 15.6 Å². The highest BCUT2D eigenvalue weighted by Gasteiger charge is 2.36. The van der Waals surface area contributed by atoms with Gasteiger partial charge in [0.1, 0.15) is 11.9 Å². The van der Waals surface area contributed by atoms with E-state index in [9.17, 15) is 19.1 Å². The largest absolute Gasteiger partial charge is 0.480 e. The average molecular weight is 334 g/mol. The van der Waals surface area contributed by atoms with Gasteiger partial charge in [-0.05, 0) is 30.9 Å². The smallest absolute Gasteiger partial charge is 0.326 e. The molecule has 0 aliphatic carbocycles. The number of carboxylic acid groups (broad SMARTS) is 1. The second-order valence-corrected chi connectivity index (χ2v) is 6.04. The highest BCUT2D eigenvalue weighted by molar-refractivity contribution is 6.36. The molecule has 4 nitrogen and oxygen atoms in total. The molecule has 2 rings (SSSR count). The fourth-order valence-electron chi connectivity index (χ4n) is 2.46. The molecule has 1 aromatic rings. The van der Waals surface area contributed by atoms with E-state index in [1.54, 1.807) is 0 Å². The van der Waals surface area contributed by atoms with Crippen LogP contribution in [0.2, 0.25) is 10.0 Å². The first-order valence-corrected chi connectivity index (χ1v) is 7.25. The summed E-state index contributed by atoms with van der Waals surface area (Å²) in [6.07, 6.45) is 1.07. The number of amides is 1. The van der Waals surface area contributed by atoms with E-state index in [0.29, 0.717) is 19.4 Å². The van der Waals surface area contributed by atoms with Gasteiger partial charge in [0.25, 0.3) is 5.91 Å². The highest BCUT2D eigenvalue weighted by atomic mass is 35.5. The molecule has 7 heteroatoms. The zero-order valence-electron chi connectivity index (χ0n) is 11.3. The van der Waals surface area contributed by atoms with Crippen LogP contribution in [0.25, 0.3) is 0 Å². The summed E-state index contributed by atoms with van der Waals surface area (Å²) in [5.74, 6) is -2.20. The monoisotopic (exact) mass is 333 g/mol. The number of halogens is 3. The molecule has 1 aromatic carbocycles. The first-order chi connectivity index (χ1) is 9.81. The van der Waals surface area contributed by atoms with E-state index < -0.39 is 23.7 Å². The molecule has 1 N–H and O–H groups in total. The first kappa shape index (κ1) is 16.0. The second kappa shape index (κ2) is 6.20. The van der Waals surface area contributed by atoms with Gasteiger partial charge in [-0.25, -0.2) is 9.18 Å². The van der Waals surface area contributed by atoms with Crippen LogP contribution in [0.3, 0.4) is 0 Å². The molecule has 1 saturated heterocycles. The van der Waals surface area contributed by atoms with E-state index >= 15 is 0 Å². The lowest BCUT2D eigenvalue weighted by Crippen LogP contribution is -2.49. The number of hydrogen-bond acceptors (Lipinski definition) is 2. The van der Waals surface area contributed by atoms with Crippen molar-refractivity contribution in [2.45, 2.75) is 25.8 Å². The maximum Gasteiger partial charge on any atom is 0.326 e. The third-order valence-electron chi connectivity index (χ3n) is 3.65. The van der Waals surface area contributed by atoms with Gasteiger partial charge in [-0.2, -0.15) is 0 Å². The summed E-state index contributed by atoms with van der Waals surface area (Å²) in [7, 11) is 0. The Hall–Kier alpha value is -1.33. The van der Waals surface area contributed by atoms with Crippen LogP contribution >= 0.6 is 23.2 Å². The molecule has 114 valence electrons. The van der Waals surface area contributed by atoms with E-state index in [0.717, 1.165) is 12.1 Å². The predicted molar refractivity (Wildman–Crippen MR) is 77.3 cm³/mol. The van der Waals surface area contributed by atoms with Crippen molar-refractivity contribution < 1.29 is 19.1 Å². The van der Waals surface area contributed by atoms with E-state index in [1.807, 2.05) is 6.92 Å². The molecule has 1 heterocycles. The van der Waals surface area contributed by atoms with E-state index in [2.05, 4.69) is 0 Å². The molecule has 0 saturated carbocycles. The Labute approximate surface area is 131 Å². The van der Waals surface area contributed by atoms with Gasteiger partial charge < -0.3 is 10.0 Å². The van der Waals surface area contributed by atoms with Crippen molar-refractivity contribution in [3.63, 3.8) is 0 Å². The third-order valence-corrected chi connectivity index (χ3v) is 4.25. The topological polar surface area (TPSA) is 57.6 Å². The molecule has 1 fully saturated rings. The Balaban J connectivity index is 2.34. The van der Waals surface area contributed by atoms with Gasteiger partial charge >= 0.3 is 5.97 Å². The van der Waals surface area contributed by atoms with E-state index in [-0.39, 0.29) is 21.5 Å². The summed E-state index contributed by atoms with van der Waals surface area (Å²) in [4.78, 5) is 25.0. The summed E-state index contributed by atoms with van der Waals surface area (Å²) in [6.45, 7) is 2.24. The lowest BCUT2D eigenvalue weighted by atomic mass is 9.92. The van der Waals surface area contributed by atoms with Crippen molar-refractivity contribution in [1.82, 2.24) is 4.90 Å². The molecule has 0 radical (unpaired) electrons. The van der Waals surface area contributed by atoms with Crippen LogP contribution < -0.4 is 0 Å². The summed E-state index contributed by atoms with van der Waals surface area (Å²) in [6, 6.07) is 1.17. The Morgan fingerprint density at radius 1 is 1.33 bits per heavy atom. The van der Waals surface area contributed by atoms with Gasteiger partial charge in [0, 0.05) is 6.54 Å². The summed E-state index contributed by atoms with van der Waals surface area (Å²) in [5.41, 5.74) is -0.0700. The van der Waals surface area contributed by atoms with Crippen LogP contribution in [0, 0.1) is 11.7 Å². The molecule has 2 unspecified atom stereocenters. The predicted octanol–water partition coefficient (Wildman–Crippen LogP) is 3.46. The number of nitrogens with zero attached hydrogens (tertiary/aromatic N) is 1. The fourth-order valence-corrected chi connectivity index (χ4v) is 2.92. The molecule has 2 atom stereocenters. The van der Waals surface area contributed by atoms with Crippen molar-refractivity contribution in [3.8, 4) is 0 Å².